The van der Waals surface area contributed by atoms with E-state index in [1.807, 2.05) is 24.3 Å². The molecule has 4 rings (SSSR count). The van der Waals surface area contributed by atoms with E-state index in [2.05, 4.69) is 0 Å². The molecule has 0 amide bonds. The summed E-state index contributed by atoms with van der Waals surface area (Å²) >= 11 is 0. The molecular formula is C29H32F4O4. The predicted octanol–water partition coefficient (Wildman–Crippen LogP) is 6.66. The van der Waals surface area contributed by atoms with Crippen LogP contribution >= 0.6 is 0 Å². The molecule has 1 aliphatic heterocycles. The van der Waals surface area contributed by atoms with E-state index in [1.54, 1.807) is 25.3 Å². The molecule has 0 aliphatic carbocycles. The molecule has 200 valence electrons. The number of alkyl halides is 3. The molecule has 0 N–H and O–H groups in total. The van der Waals surface area contributed by atoms with Crippen LogP contribution in [-0.4, -0.2) is 46.0 Å². The molecule has 37 heavy (non-hydrogen) atoms. The average molecular weight is 521 g/mol. The Morgan fingerprint density at radius 2 is 1.59 bits per heavy atom. The Hall–Kier alpha value is -2.68. The number of hydrogen-bond donors (Lipinski definition) is 0. The summed E-state index contributed by atoms with van der Waals surface area (Å²) in [4.78, 5) is 0. The molecule has 0 saturated carbocycles. The largest absolute Gasteiger partial charge is 0.484 e. The quantitative estimate of drug-likeness (QED) is 0.265. The van der Waals surface area contributed by atoms with Crippen molar-refractivity contribution in [1.82, 2.24) is 0 Å². The van der Waals surface area contributed by atoms with Gasteiger partial charge >= 0.3 is 6.18 Å². The predicted molar refractivity (Wildman–Crippen MR) is 133 cm³/mol. The highest BCUT2D eigenvalue weighted by molar-refractivity contribution is 5.84. The number of hydrogen-bond acceptors (Lipinski definition) is 4. The van der Waals surface area contributed by atoms with E-state index in [-0.39, 0.29) is 17.9 Å². The SMILES string of the molecule is COCCC1COC(CCc2ccc3c(F)c(CCc4ccc(OCC(F)(F)F)cc4)ccc3c2)OC1. The number of halogens is 4. The maximum atomic E-state index is 15.2. The molecular weight excluding hydrogens is 488 g/mol. The van der Waals surface area contributed by atoms with Crippen molar-refractivity contribution in [3.8, 4) is 5.75 Å². The number of benzene rings is 3. The van der Waals surface area contributed by atoms with Crippen molar-refractivity contribution in [2.24, 2.45) is 5.92 Å². The van der Waals surface area contributed by atoms with Crippen molar-refractivity contribution in [2.75, 3.05) is 33.5 Å². The first-order valence-corrected chi connectivity index (χ1v) is 12.5. The summed E-state index contributed by atoms with van der Waals surface area (Å²) in [5.74, 6) is 0.280. The standard InChI is InChI=1S/C29H32F4O4/c1-34-15-14-22-17-35-27(36-18-22)13-6-21-5-12-26-24(16-21)9-8-23(28(26)30)7-2-20-3-10-25(11-4-20)37-19-29(31,32)33/h3-5,8-12,16,22,27H,2,6-7,13-15,17-19H2,1H3. The van der Waals surface area contributed by atoms with Crippen molar-refractivity contribution in [3.05, 3.63) is 77.1 Å². The van der Waals surface area contributed by atoms with Crippen LogP contribution in [0.3, 0.4) is 0 Å². The van der Waals surface area contributed by atoms with Gasteiger partial charge in [-0.3, -0.25) is 0 Å². The maximum absolute atomic E-state index is 15.2. The molecule has 3 aromatic rings. The second-order valence-corrected chi connectivity index (χ2v) is 9.42. The monoisotopic (exact) mass is 520 g/mol. The van der Waals surface area contributed by atoms with Crippen molar-refractivity contribution < 1.29 is 36.5 Å². The van der Waals surface area contributed by atoms with E-state index in [1.165, 1.54) is 12.1 Å². The molecule has 0 unspecified atom stereocenters. The van der Waals surface area contributed by atoms with E-state index in [0.717, 1.165) is 35.8 Å². The lowest BCUT2D eigenvalue weighted by atomic mass is 9.98. The van der Waals surface area contributed by atoms with E-state index in [0.29, 0.717) is 49.5 Å². The van der Waals surface area contributed by atoms with Gasteiger partial charge in [-0.25, -0.2) is 4.39 Å². The van der Waals surface area contributed by atoms with Gasteiger partial charge in [-0.2, -0.15) is 13.2 Å². The molecule has 0 spiro atoms. The minimum atomic E-state index is -4.38. The zero-order valence-electron chi connectivity index (χ0n) is 20.9. The smallest absolute Gasteiger partial charge is 0.422 e. The Labute approximate surface area is 214 Å². The molecule has 1 fully saturated rings. The van der Waals surface area contributed by atoms with Gasteiger partial charge in [0.2, 0.25) is 0 Å². The topological polar surface area (TPSA) is 36.9 Å². The summed E-state index contributed by atoms with van der Waals surface area (Å²) in [5.41, 5.74) is 2.59. The number of aryl methyl sites for hydroxylation is 3. The van der Waals surface area contributed by atoms with Gasteiger partial charge in [0.25, 0.3) is 0 Å². The Kier molecular flexibility index (Phi) is 9.40. The lowest BCUT2D eigenvalue weighted by Crippen LogP contribution is -2.32. The fourth-order valence-corrected chi connectivity index (χ4v) is 4.42. The molecule has 0 bridgehead atoms. The van der Waals surface area contributed by atoms with Crippen LogP contribution in [0.2, 0.25) is 0 Å². The normalized spacial score (nSPS) is 18.3. The first kappa shape index (κ1) is 27.4. The Bertz CT molecular complexity index is 1140. The van der Waals surface area contributed by atoms with E-state index in [9.17, 15) is 13.2 Å². The summed E-state index contributed by atoms with van der Waals surface area (Å²) < 4.78 is 73.6. The third kappa shape index (κ3) is 8.15. The van der Waals surface area contributed by atoms with Crippen molar-refractivity contribution in [1.29, 1.82) is 0 Å². The lowest BCUT2D eigenvalue weighted by Gasteiger charge is -2.29. The molecule has 1 saturated heterocycles. The number of fused-ring (bicyclic) bond motifs is 1. The molecule has 8 heteroatoms. The number of ether oxygens (including phenoxy) is 4. The van der Waals surface area contributed by atoms with Crippen molar-refractivity contribution in [3.63, 3.8) is 0 Å². The highest BCUT2D eigenvalue weighted by Gasteiger charge is 2.28. The van der Waals surface area contributed by atoms with Crippen LogP contribution in [0, 0.1) is 11.7 Å². The molecule has 4 nitrogen and oxygen atoms in total. The Balaban J connectivity index is 1.29. The van der Waals surface area contributed by atoms with Gasteiger partial charge in [-0.05, 0) is 59.9 Å². The molecule has 0 radical (unpaired) electrons. The third-order valence-electron chi connectivity index (χ3n) is 6.54. The van der Waals surface area contributed by atoms with Crippen LogP contribution in [0.5, 0.6) is 5.75 Å². The Morgan fingerprint density at radius 3 is 2.30 bits per heavy atom. The minimum absolute atomic E-state index is 0.154. The second-order valence-electron chi connectivity index (χ2n) is 9.42. The van der Waals surface area contributed by atoms with Gasteiger partial charge in [0.05, 0.1) is 13.2 Å². The van der Waals surface area contributed by atoms with Gasteiger partial charge in [0.1, 0.15) is 11.6 Å². The van der Waals surface area contributed by atoms with Crippen LogP contribution in [-0.2, 0) is 33.5 Å². The fraction of sp³-hybridized carbons (Fsp3) is 0.448. The first-order chi connectivity index (χ1) is 17.8. The van der Waals surface area contributed by atoms with E-state index >= 15 is 4.39 Å². The highest BCUT2D eigenvalue weighted by atomic mass is 19.4. The summed E-state index contributed by atoms with van der Waals surface area (Å²) in [6, 6.07) is 15.9. The van der Waals surface area contributed by atoms with Crippen LogP contribution in [0.1, 0.15) is 29.5 Å². The number of rotatable bonds is 11. The van der Waals surface area contributed by atoms with Gasteiger partial charge in [0, 0.05) is 31.4 Å². The molecule has 0 aromatic heterocycles. The maximum Gasteiger partial charge on any atom is 0.422 e. The lowest BCUT2D eigenvalue weighted by molar-refractivity contribution is -0.204. The first-order valence-electron chi connectivity index (χ1n) is 12.5. The fourth-order valence-electron chi connectivity index (χ4n) is 4.42. The van der Waals surface area contributed by atoms with E-state index in [4.69, 9.17) is 18.9 Å². The van der Waals surface area contributed by atoms with Crippen LogP contribution < -0.4 is 4.74 Å². The van der Waals surface area contributed by atoms with Crippen molar-refractivity contribution in [2.45, 2.75) is 44.6 Å². The van der Waals surface area contributed by atoms with Gasteiger partial charge in [0.15, 0.2) is 12.9 Å². The molecule has 1 heterocycles. The third-order valence-corrected chi connectivity index (χ3v) is 6.54. The van der Waals surface area contributed by atoms with Gasteiger partial charge in [-0.15, -0.1) is 0 Å². The van der Waals surface area contributed by atoms with Crippen LogP contribution in [0.4, 0.5) is 17.6 Å². The summed E-state index contributed by atoms with van der Waals surface area (Å²) in [6.07, 6.45) is -1.12. The molecule has 1 aliphatic rings. The second kappa shape index (κ2) is 12.7. The van der Waals surface area contributed by atoms with Crippen LogP contribution in [0.25, 0.3) is 10.8 Å². The zero-order valence-corrected chi connectivity index (χ0v) is 20.9. The minimum Gasteiger partial charge on any atom is -0.484 e. The average Bonchev–Trinajstić information content (AvgIpc) is 2.90. The van der Waals surface area contributed by atoms with Gasteiger partial charge in [-0.1, -0.05) is 42.5 Å². The summed E-state index contributed by atoms with van der Waals surface area (Å²) in [5, 5.41) is 1.42. The molecule has 0 atom stereocenters. The Morgan fingerprint density at radius 1 is 0.865 bits per heavy atom. The molecule has 3 aromatic carbocycles. The van der Waals surface area contributed by atoms with Crippen molar-refractivity contribution >= 4 is 10.8 Å². The van der Waals surface area contributed by atoms with Crippen LogP contribution in [0.15, 0.2) is 54.6 Å². The van der Waals surface area contributed by atoms with Gasteiger partial charge < -0.3 is 18.9 Å². The number of methoxy groups -OCH3 is 1. The highest BCUT2D eigenvalue weighted by Crippen LogP contribution is 2.26. The van der Waals surface area contributed by atoms with E-state index < -0.39 is 12.8 Å². The summed E-state index contributed by atoms with van der Waals surface area (Å²) in [6.45, 7) is 0.730. The summed E-state index contributed by atoms with van der Waals surface area (Å²) in [7, 11) is 1.69. The zero-order chi connectivity index (χ0) is 26.3.